The van der Waals surface area contributed by atoms with E-state index in [4.69, 9.17) is 4.74 Å². The number of rotatable bonds is 9. The van der Waals surface area contributed by atoms with E-state index in [2.05, 4.69) is 9.55 Å². The summed E-state index contributed by atoms with van der Waals surface area (Å²) in [6, 6.07) is 17.6. The number of benzene rings is 2. The van der Waals surface area contributed by atoms with Crippen molar-refractivity contribution in [1.82, 2.24) is 19.0 Å². The number of carbonyl (C=O) groups is 1. The zero-order valence-corrected chi connectivity index (χ0v) is 21.0. The van der Waals surface area contributed by atoms with Gasteiger partial charge in [-0.05, 0) is 37.1 Å². The van der Waals surface area contributed by atoms with Gasteiger partial charge < -0.3 is 14.2 Å². The minimum Gasteiger partial charge on any atom is -0.493 e. The molecule has 2 aromatic heterocycles. The first-order valence-electron chi connectivity index (χ1n) is 11.8. The molecule has 1 fully saturated rings. The standard InChI is InChI=1S/C26H28N4O3S2/c31-24(18-34-17-16-33-21-6-2-1-3-7-21)28-13-10-20(11-14-28)25-27-12-15-29(25)19-30-22-8-4-5-9-23(22)35-26(30)32/h1-9,12,15,20H,10-11,13-14,16-19H2. The molecule has 3 heterocycles. The molecule has 0 atom stereocenters. The van der Waals surface area contributed by atoms with Crippen molar-refractivity contribution in [3.63, 3.8) is 0 Å². The number of thiazole rings is 1. The van der Waals surface area contributed by atoms with E-state index in [1.54, 1.807) is 18.0 Å². The number of para-hydroxylation sites is 2. The number of likely N-dealkylation sites (tertiary alicyclic amines) is 1. The summed E-state index contributed by atoms with van der Waals surface area (Å²) < 4.78 is 10.6. The Hall–Kier alpha value is -3.04. The van der Waals surface area contributed by atoms with Crippen LogP contribution in [-0.2, 0) is 11.5 Å². The van der Waals surface area contributed by atoms with Crippen LogP contribution in [0.3, 0.4) is 0 Å². The van der Waals surface area contributed by atoms with Gasteiger partial charge in [-0.3, -0.25) is 14.2 Å². The zero-order valence-electron chi connectivity index (χ0n) is 19.4. The van der Waals surface area contributed by atoms with Gasteiger partial charge in [0, 0.05) is 37.2 Å². The molecule has 0 spiro atoms. The molecular formula is C26H28N4O3S2. The smallest absolute Gasteiger partial charge is 0.309 e. The third-order valence-corrected chi connectivity index (χ3v) is 8.16. The average Bonchev–Trinajstić information content (AvgIpc) is 3.49. The molecule has 0 aliphatic carbocycles. The number of piperidine rings is 1. The highest BCUT2D eigenvalue weighted by Gasteiger charge is 2.26. The van der Waals surface area contributed by atoms with Crippen LogP contribution in [0, 0.1) is 0 Å². The van der Waals surface area contributed by atoms with Gasteiger partial charge in [-0.15, -0.1) is 11.8 Å². The molecule has 5 rings (SSSR count). The minimum atomic E-state index is 0.0398. The lowest BCUT2D eigenvalue weighted by Gasteiger charge is -2.32. The fourth-order valence-electron chi connectivity index (χ4n) is 4.47. The lowest BCUT2D eigenvalue weighted by molar-refractivity contribution is -0.129. The summed E-state index contributed by atoms with van der Waals surface area (Å²) in [7, 11) is 0. The summed E-state index contributed by atoms with van der Waals surface area (Å²) in [6.07, 6.45) is 5.51. The zero-order chi connectivity index (χ0) is 24.0. The van der Waals surface area contributed by atoms with Crippen LogP contribution in [-0.4, -0.2) is 56.1 Å². The summed E-state index contributed by atoms with van der Waals surface area (Å²) >= 11 is 2.89. The maximum absolute atomic E-state index is 12.7. The predicted octanol–water partition coefficient (Wildman–Crippen LogP) is 4.28. The molecule has 2 aromatic carbocycles. The maximum Gasteiger partial charge on any atom is 0.309 e. The Bertz CT molecular complexity index is 1320. The van der Waals surface area contributed by atoms with E-state index in [1.807, 2.05) is 70.3 Å². The number of aromatic nitrogens is 3. The highest BCUT2D eigenvalue weighted by atomic mass is 32.2. The summed E-state index contributed by atoms with van der Waals surface area (Å²) in [6.45, 7) is 2.52. The van der Waals surface area contributed by atoms with Crippen LogP contribution >= 0.6 is 23.1 Å². The third-order valence-electron chi connectivity index (χ3n) is 6.29. The van der Waals surface area contributed by atoms with Gasteiger partial charge in [0.25, 0.3) is 0 Å². The first kappa shape index (κ1) is 23.7. The Labute approximate surface area is 212 Å². The van der Waals surface area contributed by atoms with Crippen molar-refractivity contribution in [1.29, 1.82) is 0 Å². The SMILES string of the molecule is O=C(CSCCOc1ccccc1)N1CCC(c2nccn2Cn2c(=O)sc3ccccc32)CC1. The Morgan fingerprint density at radius 1 is 1.09 bits per heavy atom. The van der Waals surface area contributed by atoms with Crippen molar-refractivity contribution in [3.05, 3.63) is 82.5 Å². The molecule has 0 radical (unpaired) electrons. The number of carbonyl (C=O) groups excluding carboxylic acids is 1. The molecule has 182 valence electrons. The maximum atomic E-state index is 12.7. The summed E-state index contributed by atoms with van der Waals surface area (Å²) in [4.78, 5) is 31.9. The fraction of sp³-hybridized carbons (Fsp3) is 0.346. The predicted molar refractivity (Wildman–Crippen MR) is 142 cm³/mol. The number of amides is 1. The van der Waals surface area contributed by atoms with E-state index in [0.29, 0.717) is 19.0 Å². The van der Waals surface area contributed by atoms with Crippen molar-refractivity contribution in [2.45, 2.75) is 25.4 Å². The van der Waals surface area contributed by atoms with E-state index in [-0.39, 0.29) is 16.7 Å². The highest BCUT2D eigenvalue weighted by Crippen LogP contribution is 2.28. The summed E-state index contributed by atoms with van der Waals surface area (Å²) in [5.41, 5.74) is 0.953. The molecule has 0 unspecified atom stereocenters. The molecule has 1 saturated heterocycles. The molecule has 35 heavy (non-hydrogen) atoms. The van der Waals surface area contributed by atoms with E-state index in [1.165, 1.54) is 11.3 Å². The second-order valence-corrected chi connectivity index (χ2v) is 10.6. The average molecular weight is 509 g/mol. The van der Waals surface area contributed by atoms with Gasteiger partial charge in [0.1, 0.15) is 18.2 Å². The molecular weight excluding hydrogens is 480 g/mol. The van der Waals surface area contributed by atoms with Crippen LogP contribution in [0.2, 0.25) is 0 Å². The summed E-state index contributed by atoms with van der Waals surface area (Å²) in [5.74, 6) is 3.58. The lowest BCUT2D eigenvalue weighted by Crippen LogP contribution is -2.39. The molecule has 1 amide bonds. The molecule has 0 saturated carbocycles. The van der Waals surface area contributed by atoms with Crippen LogP contribution in [0.1, 0.15) is 24.6 Å². The van der Waals surface area contributed by atoms with Gasteiger partial charge in [0.15, 0.2) is 0 Å². The summed E-state index contributed by atoms with van der Waals surface area (Å²) in [5, 5.41) is 0. The van der Waals surface area contributed by atoms with E-state index in [0.717, 1.165) is 53.5 Å². The Morgan fingerprint density at radius 2 is 1.86 bits per heavy atom. The van der Waals surface area contributed by atoms with Crippen molar-refractivity contribution >= 4 is 39.2 Å². The van der Waals surface area contributed by atoms with Gasteiger partial charge in [-0.25, -0.2) is 4.98 Å². The van der Waals surface area contributed by atoms with Crippen LogP contribution < -0.4 is 9.61 Å². The van der Waals surface area contributed by atoms with E-state index >= 15 is 0 Å². The number of thioether (sulfide) groups is 1. The quantitative estimate of drug-likeness (QED) is 0.316. The Balaban J connectivity index is 1.11. The number of hydrogen-bond donors (Lipinski definition) is 0. The van der Waals surface area contributed by atoms with E-state index < -0.39 is 0 Å². The van der Waals surface area contributed by atoms with Crippen LogP contribution in [0.5, 0.6) is 5.75 Å². The molecule has 1 aliphatic heterocycles. The number of fused-ring (bicyclic) bond motifs is 1. The number of ether oxygens (including phenoxy) is 1. The van der Waals surface area contributed by atoms with Crippen LogP contribution in [0.15, 0.2) is 71.8 Å². The molecule has 0 bridgehead atoms. The third kappa shape index (κ3) is 5.62. The van der Waals surface area contributed by atoms with Crippen molar-refractivity contribution in [2.75, 3.05) is 31.2 Å². The monoisotopic (exact) mass is 508 g/mol. The number of nitrogens with zero attached hydrogens (tertiary/aromatic N) is 4. The fourth-order valence-corrected chi connectivity index (χ4v) is 6.06. The Morgan fingerprint density at radius 3 is 2.69 bits per heavy atom. The molecule has 9 heteroatoms. The van der Waals surface area contributed by atoms with Crippen LogP contribution in [0.4, 0.5) is 0 Å². The molecule has 0 N–H and O–H groups in total. The largest absolute Gasteiger partial charge is 0.493 e. The van der Waals surface area contributed by atoms with Crippen molar-refractivity contribution < 1.29 is 9.53 Å². The van der Waals surface area contributed by atoms with Gasteiger partial charge >= 0.3 is 4.87 Å². The first-order valence-corrected chi connectivity index (χ1v) is 13.8. The highest BCUT2D eigenvalue weighted by molar-refractivity contribution is 7.99. The first-order chi connectivity index (χ1) is 17.2. The topological polar surface area (TPSA) is 69.4 Å². The van der Waals surface area contributed by atoms with Gasteiger partial charge in [-0.2, -0.15) is 0 Å². The van der Waals surface area contributed by atoms with Crippen molar-refractivity contribution in [2.24, 2.45) is 0 Å². The number of hydrogen-bond acceptors (Lipinski definition) is 6. The second-order valence-electron chi connectivity index (χ2n) is 8.53. The number of imidazole rings is 1. The van der Waals surface area contributed by atoms with Gasteiger partial charge in [-0.1, -0.05) is 41.7 Å². The van der Waals surface area contributed by atoms with Gasteiger partial charge in [0.2, 0.25) is 5.91 Å². The van der Waals surface area contributed by atoms with Crippen LogP contribution in [0.25, 0.3) is 10.2 Å². The molecule has 7 nitrogen and oxygen atoms in total. The molecule has 1 aliphatic rings. The second kappa shape index (κ2) is 11.1. The van der Waals surface area contributed by atoms with E-state index in [9.17, 15) is 9.59 Å². The van der Waals surface area contributed by atoms with Crippen molar-refractivity contribution in [3.8, 4) is 5.75 Å². The Kier molecular flexibility index (Phi) is 7.54. The molecule has 4 aromatic rings. The lowest BCUT2D eigenvalue weighted by atomic mass is 9.96. The normalized spacial score (nSPS) is 14.5. The van der Waals surface area contributed by atoms with Gasteiger partial charge in [0.05, 0.1) is 22.6 Å². The minimum absolute atomic E-state index is 0.0398.